The number of carboxylic acids is 1. The van der Waals surface area contributed by atoms with E-state index in [4.69, 9.17) is 9.84 Å². The molecule has 0 radical (unpaired) electrons. The van der Waals surface area contributed by atoms with Crippen molar-refractivity contribution in [3.63, 3.8) is 0 Å². The molecule has 1 amide bonds. The lowest BCUT2D eigenvalue weighted by molar-refractivity contribution is -0.154. The van der Waals surface area contributed by atoms with E-state index in [2.05, 4.69) is 5.32 Å². The van der Waals surface area contributed by atoms with E-state index < -0.39 is 17.2 Å². The van der Waals surface area contributed by atoms with Crippen molar-refractivity contribution in [2.24, 2.45) is 5.41 Å². The fraction of sp³-hybridized carbons (Fsp3) is 0.467. The zero-order chi connectivity index (χ0) is 15.3. The predicted molar refractivity (Wildman–Crippen MR) is 73.4 cm³/mol. The first kappa shape index (κ1) is 15.3. The molecule has 6 heteroatoms. The van der Waals surface area contributed by atoms with Gasteiger partial charge in [0, 0.05) is 6.54 Å². The van der Waals surface area contributed by atoms with Gasteiger partial charge in [0.1, 0.15) is 0 Å². The molecule has 114 valence electrons. The molecule has 0 aromatic heterocycles. The number of nitrogens with one attached hydrogen (secondary N) is 1. The Labute approximate surface area is 122 Å². The van der Waals surface area contributed by atoms with Gasteiger partial charge in [-0.15, -0.1) is 0 Å². The molecular weight excluding hydrogens is 277 g/mol. The number of halogens is 1. The molecule has 0 saturated heterocycles. The third-order valence-electron chi connectivity index (χ3n) is 3.81. The van der Waals surface area contributed by atoms with Crippen LogP contribution in [0.2, 0.25) is 0 Å². The first-order valence-corrected chi connectivity index (χ1v) is 6.91. The van der Waals surface area contributed by atoms with Crippen LogP contribution >= 0.6 is 0 Å². The number of ether oxygens (including phenoxy) is 1. The van der Waals surface area contributed by atoms with Crippen molar-refractivity contribution in [1.82, 2.24) is 5.32 Å². The van der Waals surface area contributed by atoms with Crippen LogP contribution < -0.4 is 10.1 Å². The van der Waals surface area contributed by atoms with Gasteiger partial charge in [-0.05, 0) is 25.0 Å². The molecule has 1 fully saturated rings. The van der Waals surface area contributed by atoms with E-state index in [1.54, 1.807) is 12.1 Å². The number of hydrogen-bond acceptors (Lipinski definition) is 3. The highest BCUT2D eigenvalue weighted by Gasteiger charge is 2.44. The number of carboxylic acid groups (broad SMARTS) is 1. The Morgan fingerprint density at radius 3 is 2.62 bits per heavy atom. The first-order chi connectivity index (χ1) is 10.0. The van der Waals surface area contributed by atoms with Crippen LogP contribution in [0.25, 0.3) is 0 Å². The van der Waals surface area contributed by atoms with E-state index in [0.29, 0.717) is 12.8 Å². The summed E-state index contributed by atoms with van der Waals surface area (Å²) in [6.07, 6.45) is 2.12. The molecule has 1 aliphatic rings. The minimum absolute atomic E-state index is 0.0485. The van der Waals surface area contributed by atoms with Gasteiger partial charge in [0.05, 0.1) is 18.4 Å². The molecule has 21 heavy (non-hydrogen) atoms. The van der Waals surface area contributed by atoms with Crippen LogP contribution in [-0.2, 0) is 9.59 Å². The number of para-hydroxylation sites is 1. The molecule has 0 spiro atoms. The second-order valence-electron chi connectivity index (χ2n) is 5.24. The van der Waals surface area contributed by atoms with Gasteiger partial charge in [0.2, 0.25) is 5.91 Å². The van der Waals surface area contributed by atoms with Gasteiger partial charge in [-0.25, -0.2) is 4.39 Å². The molecule has 0 atom stereocenters. The van der Waals surface area contributed by atoms with E-state index >= 15 is 0 Å². The Hall–Kier alpha value is -2.11. The number of amides is 1. The van der Waals surface area contributed by atoms with Crippen molar-refractivity contribution >= 4 is 11.9 Å². The molecule has 0 bridgehead atoms. The average Bonchev–Trinajstić information content (AvgIpc) is 2.39. The summed E-state index contributed by atoms with van der Waals surface area (Å²) in [5.41, 5.74) is -0.804. The lowest BCUT2D eigenvalue weighted by Crippen LogP contribution is -2.47. The van der Waals surface area contributed by atoms with Gasteiger partial charge >= 0.3 is 5.97 Å². The average molecular weight is 295 g/mol. The SMILES string of the molecule is O=C(CCOc1ccccc1F)NCC1(C(=O)O)CCC1. The zero-order valence-electron chi connectivity index (χ0n) is 11.6. The van der Waals surface area contributed by atoms with Crippen LogP contribution in [0, 0.1) is 11.2 Å². The Morgan fingerprint density at radius 1 is 1.33 bits per heavy atom. The topological polar surface area (TPSA) is 75.6 Å². The van der Waals surface area contributed by atoms with E-state index in [9.17, 15) is 14.0 Å². The van der Waals surface area contributed by atoms with Crippen LogP contribution in [0.1, 0.15) is 25.7 Å². The maximum atomic E-state index is 13.3. The van der Waals surface area contributed by atoms with Gasteiger partial charge < -0.3 is 15.2 Å². The zero-order valence-corrected chi connectivity index (χ0v) is 11.6. The predicted octanol–water partition coefficient (Wildman–Crippen LogP) is 1.97. The molecule has 1 aromatic rings. The number of benzene rings is 1. The van der Waals surface area contributed by atoms with Crippen LogP contribution in [0.15, 0.2) is 24.3 Å². The molecule has 2 N–H and O–H groups in total. The second-order valence-corrected chi connectivity index (χ2v) is 5.24. The van der Waals surface area contributed by atoms with Gasteiger partial charge in [0.25, 0.3) is 0 Å². The quantitative estimate of drug-likeness (QED) is 0.806. The summed E-state index contributed by atoms with van der Waals surface area (Å²) in [7, 11) is 0. The standard InChI is InChI=1S/C15H18FNO4/c16-11-4-1-2-5-12(11)21-9-6-13(18)17-10-15(14(19)20)7-3-8-15/h1-2,4-5H,3,6-10H2,(H,17,18)(H,19,20). The van der Waals surface area contributed by atoms with Crippen molar-refractivity contribution in [1.29, 1.82) is 0 Å². The molecule has 0 heterocycles. The minimum Gasteiger partial charge on any atom is -0.490 e. The largest absolute Gasteiger partial charge is 0.490 e. The summed E-state index contributed by atoms with van der Waals surface area (Å²) in [4.78, 5) is 22.8. The fourth-order valence-corrected chi connectivity index (χ4v) is 2.24. The number of rotatable bonds is 7. The van der Waals surface area contributed by atoms with Gasteiger partial charge in [-0.2, -0.15) is 0 Å². The van der Waals surface area contributed by atoms with Crippen LogP contribution in [0.4, 0.5) is 4.39 Å². The van der Waals surface area contributed by atoms with Crippen LogP contribution in [0.3, 0.4) is 0 Å². The van der Waals surface area contributed by atoms with Crippen molar-refractivity contribution < 1.29 is 23.8 Å². The Kier molecular flexibility index (Phi) is 4.77. The first-order valence-electron chi connectivity index (χ1n) is 6.91. The fourth-order valence-electron chi connectivity index (χ4n) is 2.24. The lowest BCUT2D eigenvalue weighted by atomic mass is 9.69. The Balaban J connectivity index is 1.71. The van der Waals surface area contributed by atoms with E-state index in [1.165, 1.54) is 12.1 Å². The maximum absolute atomic E-state index is 13.3. The molecule has 0 aliphatic heterocycles. The summed E-state index contributed by atoms with van der Waals surface area (Å²) in [6, 6.07) is 5.97. The summed E-state index contributed by atoms with van der Waals surface area (Å²) in [6.45, 7) is 0.188. The van der Waals surface area contributed by atoms with E-state index in [0.717, 1.165) is 6.42 Å². The monoisotopic (exact) mass is 295 g/mol. The minimum atomic E-state index is -0.864. The Bertz CT molecular complexity index is 528. The molecular formula is C15H18FNO4. The third kappa shape index (κ3) is 3.71. The van der Waals surface area contributed by atoms with E-state index in [1.807, 2.05) is 0 Å². The molecule has 1 saturated carbocycles. The number of aliphatic carboxylic acids is 1. The van der Waals surface area contributed by atoms with Crippen molar-refractivity contribution in [2.45, 2.75) is 25.7 Å². The number of carbonyl (C=O) groups is 2. The smallest absolute Gasteiger partial charge is 0.311 e. The second kappa shape index (κ2) is 6.56. The molecule has 2 rings (SSSR count). The van der Waals surface area contributed by atoms with Gasteiger partial charge in [-0.1, -0.05) is 18.6 Å². The third-order valence-corrected chi connectivity index (χ3v) is 3.81. The van der Waals surface area contributed by atoms with E-state index in [-0.39, 0.29) is 31.2 Å². The highest BCUT2D eigenvalue weighted by atomic mass is 19.1. The summed E-state index contributed by atoms with van der Waals surface area (Å²) in [5.74, 6) is -1.53. The molecule has 1 aliphatic carbocycles. The summed E-state index contributed by atoms with van der Waals surface area (Å²) >= 11 is 0. The molecule has 0 unspecified atom stereocenters. The highest BCUT2D eigenvalue weighted by molar-refractivity contribution is 5.79. The molecule has 1 aromatic carbocycles. The lowest BCUT2D eigenvalue weighted by Gasteiger charge is -2.37. The van der Waals surface area contributed by atoms with Crippen molar-refractivity contribution in [3.05, 3.63) is 30.1 Å². The van der Waals surface area contributed by atoms with Crippen molar-refractivity contribution in [3.8, 4) is 5.75 Å². The number of carbonyl (C=O) groups excluding carboxylic acids is 1. The van der Waals surface area contributed by atoms with Gasteiger partial charge in [0.15, 0.2) is 11.6 Å². The van der Waals surface area contributed by atoms with Crippen LogP contribution in [-0.4, -0.2) is 30.1 Å². The normalized spacial score (nSPS) is 15.9. The Morgan fingerprint density at radius 2 is 2.05 bits per heavy atom. The van der Waals surface area contributed by atoms with Gasteiger partial charge in [-0.3, -0.25) is 9.59 Å². The van der Waals surface area contributed by atoms with Crippen molar-refractivity contribution in [2.75, 3.05) is 13.2 Å². The number of hydrogen-bond donors (Lipinski definition) is 2. The highest BCUT2D eigenvalue weighted by Crippen LogP contribution is 2.40. The summed E-state index contributed by atoms with van der Waals surface area (Å²) < 4.78 is 18.4. The molecule has 5 nitrogen and oxygen atoms in total. The summed E-state index contributed by atoms with van der Waals surface area (Å²) in [5, 5.41) is 11.7. The maximum Gasteiger partial charge on any atom is 0.311 e. The van der Waals surface area contributed by atoms with Crippen LogP contribution in [0.5, 0.6) is 5.75 Å².